The standard InChI is InChI=1S/C80H97N3O9/c1-46-36-77-27-22-49-32-50-38-75(44-86)23-8-5-19-61(75)60(42-84)68(50)64(89)34-58(49)59-35-66(91-56-16-3-4-17-56)72(90)69-57(59)18-10-15-54(82-74(81)83-79(24-6-2-7-25-79)52-13-9-12-47(29-52)28-48-30-53(77)33-55(88)31-48)39-76(45-87)41-67(77)78(37-46)40-62-73(71(76)70(69)78)92-65-21-20-51-14-11-26-80(51,62)63(65)43-85/h8-9,12-13,22-23,27,29-31,33,35,41,46,49-51,54,56,58,61-63,65,70-71,73,84-88,90H,2-7,11,14-17,19-21,24-26,28,32,34,36-40,42-45H2,1H3,(H3,81,82,83). The lowest BCUT2D eigenvalue weighted by Gasteiger charge is -2.73. The van der Waals surface area contributed by atoms with Crippen molar-refractivity contribution in [2.45, 2.75) is 215 Å². The van der Waals surface area contributed by atoms with Gasteiger partial charge in [-0.25, -0.2) is 4.99 Å². The Balaban J connectivity index is 1.01. The van der Waals surface area contributed by atoms with Crippen molar-refractivity contribution in [3.8, 4) is 29.1 Å². The lowest BCUT2D eigenvalue weighted by atomic mass is 9.34. The number of rotatable bonds is 6. The molecule has 14 aliphatic rings. The van der Waals surface area contributed by atoms with Gasteiger partial charge in [0.1, 0.15) is 5.75 Å². The summed E-state index contributed by atoms with van der Waals surface area (Å²) >= 11 is 0. The Labute approximate surface area is 543 Å². The molecule has 16 bridgehead atoms. The molecular formula is C80H97N3O9. The zero-order valence-electron chi connectivity index (χ0n) is 54.0. The number of ketones is 1. The number of nitrogens with two attached hydrogens (primary N) is 1. The number of aliphatic hydroxyl groups excluding tert-OH is 4. The fourth-order valence-corrected chi connectivity index (χ4v) is 25.0. The number of nitrogens with one attached hydrogen (secondary N) is 1. The van der Waals surface area contributed by atoms with E-state index in [2.05, 4.69) is 90.9 Å². The normalized spacial score (nSPS) is 41.0. The number of benzene rings is 3. The first-order chi connectivity index (χ1) is 44.7. The summed E-state index contributed by atoms with van der Waals surface area (Å²) in [5, 5.41) is 79.7. The molecule has 17 rings (SSSR count). The number of phenols is 2. The summed E-state index contributed by atoms with van der Waals surface area (Å²) in [4.78, 5) is 21.9. The number of aliphatic hydroxyl groups is 4. The fourth-order valence-electron chi connectivity index (χ4n) is 25.0. The number of Topliss-reactive ketones (excluding diaryl/α,β-unsaturated/α-hetero) is 1. The van der Waals surface area contributed by atoms with Gasteiger partial charge in [0.25, 0.3) is 0 Å². The number of aromatic hydroxyl groups is 2. The van der Waals surface area contributed by atoms with Crippen molar-refractivity contribution in [3.05, 3.63) is 135 Å². The maximum absolute atomic E-state index is 16.2. The molecule has 7 saturated carbocycles. The van der Waals surface area contributed by atoms with Crippen LogP contribution in [0.25, 0.3) is 0 Å². The third kappa shape index (κ3) is 8.77. The number of aliphatic imine (C=N–C) groups is 1. The van der Waals surface area contributed by atoms with E-state index in [0.717, 1.165) is 160 Å². The number of allylic oxidation sites excluding steroid dienone is 5. The maximum atomic E-state index is 16.2. The minimum absolute atomic E-state index is 0.00821. The van der Waals surface area contributed by atoms with Gasteiger partial charge in [0.2, 0.25) is 0 Å². The van der Waals surface area contributed by atoms with Gasteiger partial charge in [-0.1, -0.05) is 111 Å². The Morgan fingerprint density at radius 3 is 2.49 bits per heavy atom. The second-order valence-corrected chi connectivity index (χ2v) is 32.6. The first kappa shape index (κ1) is 60.0. The highest BCUT2D eigenvalue weighted by Crippen LogP contribution is 2.79. The van der Waals surface area contributed by atoms with Gasteiger partial charge >= 0.3 is 0 Å². The van der Waals surface area contributed by atoms with Gasteiger partial charge in [0, 0.05) is 75.6 Å². The minimum Gasteiger partial charge on any atom is -0.508 e. The van der Waals surface area contributed by atoms with Crippen molar-refractivity contribution in [1.29, 1.82) is 0 Å². The van der Waals surface area contributed by atoms with Crippen LogP contribution in [-0.4, -0.2) is 93.2 Å². The third-order valence-corrected chi connectivity index (χ3v) is 28.2. The number of phenolic OH excluding ortho intramolecular Hbond substituents is 2. The van der Waals surface area contributed by atoms with Crippen LogP contribution in [0.5, 0.6) is 17.2 Å². The SMILES string of the molecule is CC1CC23C=CC4CC5CC6(CO)C=CCCC6C(CO)=C5C(=O)CC4c4cc(OC5CCCC5)c(O)c5c4C#CCC(CC4(CO)C=C2C2(C1)CC1C(OC6CCC7CCCC71C6CO)C4C52)N=C(N)NC1(CCCCC1)c1cccc(c1)Cc1cc(O)cc3c1. The molecule has 12 nitrogen and oxygen atoms in total. The smallest absolute Gasteiger partial charge is 0.189 e. The number of carbonyl (C=O) groups excluding carboxylic acids is 1. The van der Waals surface area contributed by atoms with Crippen molar-refractivity contribution in [2.75, 3.05) is 26.4 Å². The molecular weight excluding hydrogens is 1150 g/mol. The van der Waals surface area contributed by atoms with E-state index >= 15 is 4.79 Å². The average Bonchev–Trinajstić information content (AvgIpc) is 0.891. The van der Waals surface area contributed by atoms with Crippen molar-refractivity contribution in [1.82, 2.24) is 5.32 Å². The van der Waals surface area contributed by atoms with Crippen LogP contribution in [0.15, 0.2) is 101 Å². The molecule has 12 aliphatic carbocycles. The van der Waals surface area contributed by atoms with Crippen LogP contribution in [0.3, 0.4) is 0 Å². The Kier molecular flexibility index (Phi) is 14.5. The van der Waals surface area contributed by atoms with Crippen LogP contribution in [0.1, 0.15) is 212 Å². The third-order valence-electron chi connectivity index (χ3n) is 28.2. The zero-order valence-corrected chi connectivity index (χ0v) is 54.0. The molecule has 9 N–H and O–H groups in total. The van der Waals surface area contributed by atoms with Gasteiger partial charge in [-0.2, -0.15) is 0 Å². The summed E-state index contributed by atoms with van der Waals surface area (Å²) in [6.45, 7) is 1.91. The van der Waals surface area contributed by atoms with Gasteiger partial charge in [0.05, 0.1) is 49.7 Å². The molecule has 0 radical (unpaired) electrons. The monoisotopic (exact) mass is 1240 g/mol. The molecule has 0 amide bonds. The van der Waals surface area contributed by atoms with Gasteiger partial charge in [-0.15, -0.1) is 0 Å². The fraction of sp³-hybridized carbons (Fsp3) is 0.625. The van der Waals surface area contributed by atoms with E-state index in [-0.39, 0.29) is 109 Å². The predicted octanol–water partition coefficient (Wildman–Crippen LogP) is 12.4. The molecule has 12 heteroatoms. The molecule has 0 aromatic heterocycles. The Morgan fingerprint density at radius 2 is 1.67 bits per heavy atom. The first-order valence-corrected chi connectivity index (χ1v) is 36.3. The lowest BCUT2D eigenvalue weighted by molar-refractivity contribution is -0.286. The number of fused-ring (bicyclic) bond motifs is 12. The van der Waals surface area contributed by atoms with E-state index in [1.165, 1.54) is 11.1 Å². The Morgan fingerprint density at radius 1 is 0.837 bits per heavy atom. The Bertz CT molecular complexity index is 3730. The van der Waals surface area contributed by atoms with Gasteiger partial charge < -0.3 is 51.2 Å². The summed E-state index contributed by atoms with van der Waals surface area (Å²) in [6, 6.07) is 16.9. The molecule has 2 aliphatic heterocycles. The van der Waals surface area contributed by atoms with Crippen molar-refractivity contribution in [3.63, 3.8) is 0 Å². The summed E-state index contributed by atoms with van der Waals surface area (Å²) in [5.74, 6) is 7.15. The zero-order chi connectivity index (χ0) is 62.7. The van der Waals surface area contributed by atoms with E-state index in [1.807, 2.05) is 12.1 Å². The highest BCUT2D eigenvalue weighted by molar-refractivity contribution is 5.98. The van der Waals surface area contributed by atoms with Crippen LogP contribution in [0.4, 0.5) is 0 Å². The highest BCUT2D eigenvalue weighted by Gasteiger charge is 2.75. The summed E-state index contributed by atoms with van der Waals surface area (Å²) in [6.07, 6.45) is 31.5. The van der Waals surface area contributed by atoms with Crippen molar-refractivity contribution >= 4 is 11.7 Å². The minimum atomic E-state index is -1.06. The molecule has 18 unspecified atom stereocenters. The average molecular weight is 1240 g/mol. The second-order valence-electron chi connectivity index (χ2n) is 32.6. The molecule has 2 heterocycles. The largest absolute Gasteiger partial charge is 0.508 e. The molecule has 3 spiro atoms. The predicted molar refractivity (Wildman–Crippen MR) is 354 cm³/mol. The lowest BCUT2D eigenvalue weighted by Crippen LogP contribution is -2.71. The van der Waals surface area contributed by atoms with E-state index < -0.39 is 51.0 Å². The Hall–Kier alpha value is -5.68. The molecule has 3 aromatic carbocycles. The second kappa shape index (κ2) is 22.2. The maximum Gasteiger partial charge on any atom is 0.189 e. The highest BCUT2D eigenvalue weighted by atomic mass is 16.5. The van der Waals surface area contributed by atoms with Crippen LogP contribution >= 0.6 is 0 Å². The molecule has 8 fully saturated rings. The topological polar surface area (TPSA) is 207 Å². The van der Waals surface area contributed by atoms with Gasteiger partial charge in [-0.3, -0.25) is 4.79 Å². The van der Waals surface area contributed by atoms with E-state index in [9.17, 15) is 30.6 Å². The first-order valence-electron chi connectivity index (χ1n) is 36.3. The number of guanidine groups is 1. The van der Waals surface area contributed by atoms with Crippen LogP contribution in [0.2, 0.25) is 0 Å². The number of carbonyl (C=O) groups is 1. The molecule has 92 heavy (non-hydrogen) atoms. The van der Waals surface area contributed by atoms with Crippen LogP contribution in [0, 0.1) is 80.8 Å². The van der Waals surface area contributed by atoms with Crippen LogP contribution in [-0.2, 0) is 26.9 Å². The molecule has 486 valence electrons. The van der Waals surface area contributed by atoms with E-state index in [0.29, 0.717) is 56.2 Å². The quantitative estimate of drug-likeness (QED) is 0.0860. The van der Waals surface area contributed by atoms with Crippen LogP contribution < -0.4 is 15.8 Å². The van der Waals surface area contributed by atoms with E-state index in [1.54, 1.807) is 0 Å². The number of hydrogen-bond acceptors (Lipinski definition) is 12. The molecule has 18 atom stereocenters. The van der Waals surface area contributed by atoms with Crippen molar-refractivity contribution in [2.24, 2.45) is 79.7 Å². The summed E-state index contributed by atoms with van der Waals surface area (Å²) < 4.78 is 15.4. The molecule has 1 saturated heterocycles. The van der Waals surface area contributed by atoms with Gasteiger partial charge in [-0.05, 0) is 220 Å². The number of nitrogens with zero attached hydrogens (tertiary/aromatic N) is 1. The number of ether oxygens (including phenoxy) is 2. The van der Waals surface area contributed by atoms with E-state index in [4.69, 9.17) is 20.2 Å². The van der Waals surface area contributed by atoms with Gasteiger partial charge in [0.15, 0.2) is 23.2 Å². The summed E-state index contributed by atoms with van der Waals surface area (Å²) in [5.41, 5.74) is 12.9. The summed E-state index contributed by atoms with van der Waals surface area (Å²) in [7, 11) is 0. The van der Waals surface area contributed by atoms with Crippen molar-refractivity contribution < 1.29 is 44.9 Å². The molecule has 3 aromatic rings. The number of hydrogen-bond donors (Lipinski definition) is 8.